The minimum atomic E-state index is -0.347. The van der Waals surface area contributed by atoms with Gasteiger partial charge in [-0.1, -0.05) is 0 Å². The Morgan fingerprint density at radius 2 is 1.73 bits per heavy atom. The molecule has 1 aliphatic rings. The number of rotatable bonds is 3. The molecular weight excluding hydrogens is 280 g/mol. The van der Waals surface area contributed by atoms with E-state index in [1.807, 2.05) is 0 Å². The SMILES string of the molecule is CC1(C)CC(OC(=O)c2ccc(N=C=O)cc2)CC(C)(C)N1. The summed E-state index contributed by atoms with van der Waals surface area (Å²) in [5.41, 5.74) is 0.777. The fourth-order valence-electron chi connectivity index (χ4n) is 3.26. The molecule has 1 fully saturated rings. The largest absolute Gasteiger partial charge is 0.459 e. The van der Waals surface area contributed by atoms with E-state index >= 15 is 0 Å². The number of benzene rings is 1. The number of esters is 1. The third-order valence-electron chi connectivity index (χ3n) is 3.70. The van der Waals surface area contributed by atoms with Crippen LogP contribution in [0.3, 0.4) is 0 Å². The van der Waals surface area contributed by atoms with Crippen LogP contribution < -0.4 is 5.32 Å². The van der Waals surface area contributed by atoms with Gasteiger partial charge in [0.2, 0.25) is 6.08 Å². The monoisotopic (exact) mass is 302 g/mol. The van der Waals surface area contributed by atoms with Crippen molar-refractivity contribution in [2.45, 2.75) is 57.7 Å². The number of carbonyl (C=O) groups is 1. The van der Waals surface area contributed by atoms with E-state index in [0.717, 1.165) is 12.8 Å². The highest BCUT2D eigenvalue weighted by Gasteiger charge is 2.39. The van der Waals surface area contributed by atoms with Crippen molar-refractivity contribution in [1.29, 1.82) is 0 Å². The van der Waals surface area contributed by atoms with Gasteiger partial charge in [-0.3, -0.25) is 0 Å². The van der Waals surface area contributed by atoms with Crippen LogP contribution in [0.4, 0.5) is 5.69 Å². The predicted molar refractivity (Wildman–Crippen MR) is 84.0 cm³/mol. The van der Waals surface area contributed by atoms with Crippen LogP contribution in [0, 0.1) is 0 Å². The van der Waals surface area contributed by atoms with Crippen molar-refractivity contribution in [1.82, 2.24) is 5.32 Å². The second-order valence-electron chi connectivity index (χ2n) is 7.08. The van der Waals surface area contributed by atoms with Crippen molar-refractivity contribution in [2.24, 2.45) is 4.99 Å². The van der Waals surface area contributed by atoms with Gasteiger partial charge in [0.25, 0.3) is 0 Å². The first kappa shape index (κ1) is 16.4. The van der Waals surface area contributed by atoms with Crippen LogP contribution in [0.25, 0.3) is 0 Å². The molecule has 1 heterocycles. The highest BCUT2D eigenvalue weighted by atomic mass is 16.5. The first-order chi connectivity index (χ1) is 10.2. The normalized spacial score (nSPS) is 20.0. The summed E-state index contributed by atoms with van der Waals surface area (Å²) in [5, 5.41) is 3.56. The average molecular weight is 302 g/mol. The number of carbonyl (C=O) groups excluding carboxylic acids is 2. The number of isocyanates is 1. The Bertz CT molecular complexity index is 583. The summed E-state index contributed by atoms with van der Waals surface area (Å²) < 4.78 is 5.66. The van der Waals surface area contributed by atoms with Crippen LogP contribution in [-0.2, 0) is 9.53 Å². The fourth-order valence-corrected chi connectivity index (χ4v) is 3.26. The second-order valence-corrected chi connectivity index (χ2v) is 7.08. The van der Waals surface area contributed by atoms with Gasteiger partial charge < -0.3 is 10.1 Å². The molecule has 1 aliphatic heterocycles. The Morgan fingerprint density at radius 1 is 1.18 bits per heavy atom. The van der Waals surface area contributed by atoms with Crippen molar-refractivity contribution in [2.75, 3.05) is 0 Å². The molecule has 0 amide bonds. The minimum absolute atomic E-state index is 0.0742. The summed E-state index contributed by atoms with van der Waals surface area (Å²) in [6.45, 7) is 8.45. The second kappa shape index (κ2) is 6.03. The maximum atomic E-state index is 12.3. The number of nitrogens with one attached hydrogen (secondary N) is 1. The molecule has 1 aromatic rings. The van der Waals surface area contributed by atoms with E-state index < -0.39 is 0 Å². The van der Waals surface area contributed by atoms with E-state index in [9.17, 15) is 9.59 Å². The number of hydrogen-bond acceptors (Lipinski definition) is 5. The van der Waals surface area contributed by atoms with Crippen LogP contribution in [0.5, 0.6) is 0 Å². The Balaban J connectivity index is 2.06. The van der Waals surface area contributed by atoms with E-state index in [2.05, 4.69) is 38.0 Å². The summed E-state index contributed by atoms with van der Waals surface area (Å²) in [6.07, 6.45) is 2.90. The maximum absolute atomic E-state index is 12.3. The standard InChI is InChI=1S/C17H22N2O3/c1-16(2)9-14(10-17(3,4)19-16)22-15(21)12-5-7-13(8-6-12)18-11-20/h5-8,14,19H,9-10H2,1-4H3. The van der Waals surface area contributed by atoms with E-state index in [0.29, 0.717) is 11.3 Å². The highest BCUT2D eigenvalue weighted by molar-refractivity contribution is 5.89. The maximum Gasteiger partial charge on any atom is 0.338 e. The van der Waals surface area contributed by atoms with Crippen LogP contribution in [0.1, 0.15) is 50.9 Å². The van der Waals surface area contributed by atoms with Crippen LogP contribution in [0.15, 0.2) is 29.3 Å². The van der Waals surface area contributed by atoms with Crippen molar-refractivity contribution in [3.63, 3.8) is 0 Å². The molecule has 0 atom stereocenters. The molecule has 5 nitrogen and oxygen atoms in total. The molecule has 5 heteroatoms. The van der Waals surface area contributed by atoms with Crippen LogP contribution >= 0.6 is 0 Å². The molecule has 0 unspecified atom stereocenters. The molecular formula is C17H22N2O3. The Kier molecular flexibility index (Phi) is 4.50. The summed E-state index contributed by atoms with van der Waals surface area (Å²) in [7, 11) is 0. The number of hydrogen-bond donors (Lipinski definition) is 1. The zero-order valence-corrected chi connectivity index (χ0v) is 13.5. The van der Waals surface area contributed by atoms with E-state index in [-0.39, 0.29) is 23.2 Å². The van der Waals surface area contributed by atoms with Gasteiger partial charge in [0.15, 0.2) is 0 Å². The first-order valence-electron chi connectivity index (χ1n) is 7.39. The number of ether oxygens (including phenoxy) is 1. The average Bonchev–Trinajstić information content (AvgIpc) is 2.36. The number of piperidine rings is 1. The van der Waals surface area contributed by atoms with Crippen molar-refractivity contribution < 1.29 is 14.3 Å². The van der Waals surface area contributed by atoms with Gasteiger partial charge in [-0.2, -0.15) is 4.99 Å². The zero-order chi connectivity index (χ0) is 16.4. The summed E-state index contributed by atoms with van der Waals surface area (Å²) in [5.74, 6) is -0.347. The minimum Gasteiger partial charge on any atom is -0.459 e. The van der Waals surface area contributed by atoms with Gasteiger partial charge >= 0.3 is 5.97 Å². The van der Waals surface area contributed by atoms with E-state index in [4.69, 9.17) is 4.74 Å². The molecule has 22 heavy (non-hydrogen) atoms. The molecule has 0 spiro atoms. The third kappa shape index (κ3) is 4.26. The quantitative estimate of drug-likeness (QED) is 0.529. The molecule has 0 bridgehead atoms. The lowest BCUT2D eigenvalue weighted by molar-refractivity contribution is -0.00637. The van der Waals surface area contributed by atoms with Gasteiger partial charge in [0.05, 0.1) is 11.3 Å². The molecule has 0 saturated carbocycles. The zero-order valence-electron chi connectivity index (χ0n) is 13.5. The molecule has 1 aromatic carbocycles. The smallest absolute Gasteiger partial charge is 0.338 e. The third-order valence-corrected chi connectivity index (χ3v) is 3.70. The Labute approximate surface area is 130 Å². The molecule has 1 saturated heterocycles. The molecule has 0 radical (unpaired) electrons. The topological polar surface area (TPSA) is 67.8 Å². The van der Waals surface area contributed by atoms with Crippen molar-refractivity contribution in [3.05, 3.63) is 29.8 Å². The molecule has 0 aromatic heterocycles. The van der Waals surface area contributed by atoms with Crippen molar-refractivity contribution in [3.8, 4) is 0 Å². The summed E-state index contributed by atoms with van der Waals surface area (Å²) >= 11 is 0. The summed E-state index contributed by atoms with van der Waals surface area (Å²) in [4.78, 5) is 25.9. The molecule has 118 valence electrons. The predicted octanol–water partition coefficient (Wildman–Crippen LogP) is 3.12. The highest BCUT2D eigenvalue weighted by Crippen LogP contribution is 2.30. The van der Waals surface area contributed by atoms with Crippen LogP contribution in [0.2, 0.25) is 0 Å². The first-order valence-corrected chi connectivity index (χ1v) is 7.39. The lowest BCUT2D eigenvalue weighted by Crippen LogP contribution is -2.59. The molecule has 0 aliphatic carbocycles. The van der Waals surface area contributed by atoms with E-state index in [1.54, 1.807) is 24.3 Å². The number of nitrogens with zero attached hydrogens (tertiary/aromatic N) is 1. The van der Waals surface area contributed by atoms with Crippen molar-refractivity contribution >= 4 is 17.7 Å². The number of aliphatic imine (C=N–C) groups is 1. The molecule has 2 rings (SSSR count). The van der Waals surface area contributed by atoms with Crippen LogP contribution in [-0.4, -0.2) is 29.2 Å². The van der Waals surface area contributed by atoms with E-state index in [1.165, 1.54) is 6.08 Å². The van der Waals surface area contributed by atoms with Gasteiger partial charge in [-0.05, 0) is 52.0 Å². The Hall–Kier alpha value is -1.97. The molecule has 1 N–H and O–H groups in total. The van der Waals surface area contributed by atoms with Gasteiger partial charge in [-0.25, -0.2) is 9.59 Å². The van der Waals surface area contributed by atoms with Gasteiger partial charge in [0, 0.05) is 23.9 Å². The summed E-state index contributed by atoms with van der Waals surface area (Å²) in [6, 6.07) is 6.40. The van der Waals surface area contributed by atoms with Gasteiger partial charge in [0.1, 0.15) is 6.10 Å². The Morgan fingerprint density at radius 3 is 2.23 bits per heavy atom. The van der Waals surface area contributed by atoms with Gasteiger partial charge in [-0.15, -0.1) is 0 Å². The lowest BCUT2D eigenvalue weighted by Gasteiger charge is -2.45. The lowest BCUT2D eigenvalue weighted by atomic mass is 9.81. The fraction of sp³-hybridized carbons (Fsp3) is 0.529.